The molecule has 0 spiro atoms. The van der Waals surface area contributed by atoms with Crippen molar-refractivity contribution in [1.82, 2.24) is 20.1 Å². The maximum absolute atomic E-state index is 5.77. The molecule has 0 saturated carbocycles. The van der Waals surface area contributed by atoms with Gasteiger partial charge in [0.2, 0.25) is 5.89 Å². The molecule has 0 radical (unpaired) electrons. The van der Waals surface area contributed by atoms with E-state index in [0.29, 0.717) is 6.54 Å². The number of hydrogen-bond donors (Lipinski definition) is 1. The van der Waals surface area contributed by atoms with Gasteiger partial charge in [-0.05, 0) is 19.9 Å². The van der Waals surface area contributed by atoms with Crippen molar-refractivity contribution in [3.8, 4) is 0 Å². The second-order valence-corrected chi connectivity index (χ2v) is 6.26. The van der Waals surface area contributed by atoms with Crippen LogP contribution >= 0.6 is 0 Å². The normalized spacial score (nSPS) is 15.2. The van der Waals surface area contributed by atoms with Crippen LogP contribution in [0.5, 0.6) is 0 Å². The van der Waals surface area contributed by atoms with Gasteiger partial charge in [0.05, 0.1) is 18.8 Å². The Morgan fingerprint density at radius 2 is 2.10 bits per heavy atom. The molecule has 0 aliphatic carbocycles. The van der Waals surface area contributed by atoms with Crippen LogP contribution in [0.2, 0.25) is 0 Å². The van der Waals surface area contributed by atoms with Crippen molar-refractivity contribution in [3.63, 3.8) is 0 Å². The van der Waals surface area contributed by atoms with Crippen LogP contribution in [0, 0.1) is 0 Å². The van der Waals surface area contributed by atoms with E-state index in [-0.39, 0.29) is 17.5 Å². The molecule has 0 bridgehead atoms. The minimum absolute atomic E-state index is 0.000776. The van der Waals surface area contributed by atoms with E-state index in [1.54, 1.807) is 6.20 Å². The Balaban J connectivity index is 1.90. The molecule has 2 rings (SSSR count). The topological polar surface area (TPSA) is 55.9 Å². The van der Waals surface area contributed by atoms with E-state index in [0.717, 1.165) is 11.7 Å². The third-order valence-corrected chi connectivity index (χ3v) is 3.53. The van der Waals surface area contributed by atoms with E-state index < -0.39 is 0 Å². The summed E-state index contributed by atoms with van der Waals surface area (Å²) in [5.74, 6) is 1.65. The maximum atomic E-state index is 5.77. The van der Waals surface area contributed by atoms with Crippen LogP contribution in [0.25, 0.3) is 0 Å². The van der Waals surface area contributed by atoms with Crippen LogP contribution in [0.3, 0.4) is 0 Å². The molecule has 110 valence electrons. The van der Waals surface area contributed by atoms with Crippen molar-refractivity contribution in [2.45, 2.75) is 58.7 Å². The average molecular weight is 276 g/mol. The van der Waals surface area contributed by atoms with Gasteiger partial charge in [-0.15, -0.1) is 0 Å². The Hall–Kier alpha value is -1.62. The lowest BCUT2D eigenvalue weighted by molar-refractivity contribution is 0.332. The largest absolute Gasteiger partial charge is 0.444 e. The Kier molecular flexibility index (Phi) is 4.28. The van der Waals surface area contributed by atoms with Gasteiger partial charge in [-0.25, -0.2) is 4.98 Å². The highest BCUT2D eigenvalue weighted by Gasteiger charge is 2.20. The fourth-order valence-electron chi connectivity index (χ4n) is 1.91. The zero-order chi connectivity index (χ0) is 14.8. The fourth-order valence-corrected chi connectivity index (χ4v) is 1.91. The molecule has 1 N–H and O–H groups in total. The van der Waals surface area contributed by atoms with Crippen LogP contribution in [0.4, 0.5) is 0 Å². The SMILES string of the molecule is C[C@@H](NCc1ncc(C(C)(C)C)o1)[C@H](C)n1cccn1. The molecule has 2 aromatic heterocycles. The molecule has 5 heteroatoms. The third kappa shape index (κ3) is 3.48. The first-order valence-corrected chi connectivity index (χ1v) is 7.05. The molecule has 0 fully saturated rings. The van der Waals surface area contributed by atoms with Crippen molar-refractivity contribution in [3.05, 3.63) is 36.3 Å². The van der Waals surface area contributed by atoms with Gasteiger partial charge in [-0.3, -0.25) is 4.68 Å². The first-order chi connectivity index (χ1) is 9.38. The summed E-state index contributed by atoms with van der Waals surface area (Å²) in [6.45, 7) is 11.3. The van der Waals surface area contributed by atoms with Gasteiger partial charge in [0.25, 0.3) is 0 Å². The molecule has 0 amide bonds. The summed E-state index contributed by atoms with van der Waals surface area (Å²) in [4.78, 5) is 4.33. The molecule has 5 nitrogen and oxygen atoms in total. The van der Waals surface area contributed by atoms with Gasteiger partial charge in [-0.1, -0.05) is 20.8 Å². The number of hydrogen-bond acceptors (Lipinski definition) is 4. The Bertz CT molecular complexity index is 524. The van der Waals surface area contributed by atoms with E-state index in [1.165, 1.54) is 0 Å². The van der Waals surface area contributed by atoms with Crippen molar-refractivity contribution in [1.29, 1.82) is 0 Å². The predicted octanol–water partition coefficient (Wildman–Crippen LogP) is 2.91. The molecule has 0 aliphatic rings. The van der Waals surface area contributed by atoms with Gasteiger partial charge in [0, 0.05) is 23.9 Å². The molecule has 20 heavy (non-hydrogen) atoms. The molecule has 2 atom stereocenters. The summed E-state index contributed by atoms with van der Waals surface area (Å²) in [7, 11) is 0. The first kappa shape index (κ1) is 14.8. The van der Waals surface area contributed by atoms with Crippen molar-refractivity contribution >= 4 is 0 Å². The number of oxazole rings is 1. The molecule has 0 aromatic carbocycles. The van der Waals surface area contributed by atoms with Gasteiger partial charge in [0.1, 0.15) is 5.76 Å². The number of rotatable bonds is 5. The lowest BCUT2D eigenvalue weighted by atomic mass is 9.94. The smallest absolute Gasteiger partial charge is 0.208 e. The van der Waals surface area contributed by atoms with Crippen LogP contribution in [-0.2, 0) is 12.0 Å². The van der Waals surface area contributed by atoms with Crippen LogP contribution in [0.1, 0.15) is 52.3 Å². The number of nitrogens with zero attached hydrogens (tertiary/aromatic N) is 3. The van der Waals surface area contributed by atoms with Crippen molar-refractivity contribution < 1.29 is 4.42 Å². The van der Waals surface area contributed by atoms with Crippen molar-refractivity contribution in [2.24, 2.45) is 0 Å². The minimum Gasteiger partial charge on any atom is -0.444 e. The summed E-state index contributed by atoms with van der Waals surface area (Å²) < 4.78 is 7.73. The van der Waals surface area contributed by atoms with Crippen LogP contribution in [-0.4, -0.2) is 20.8 Å². The average Bonchev–Trinajstić information content (AvgIpc) is 3.04. The maximum Gasteiger partial charge on any atom is 0.208 e. The predicted molar refractivity (Wildman–Crippen MR) is 78.4 cm³/mol. The highest BCUT2D eigenvalue weighted by molar-refractivity contribution is 5.06. The standard InChI is InChI=1S/C15H24N4O/c1-11(12(2)19-8-6-7-18-19)16-10-14-17-9-13(20-14)15(3,4)5/h6-9,11-12,16H,10H2,1-5H3/t11-,12+/m1/s1. The summed E-state index contributed by atoms with van der Waals surface area (Å²) in [5, 5.41) is 7.70. The van der Waals surface area contributed by atoms with E-state index in [2.05, 4.69) is 50.0 Å². The van der Waals surface area contributed by atoms with Crippen LogP contribution in [0.15, 0.2) is 29.1 Å². The Morgan fingerprint density at radius 1 is 1.35 bits per heavy atom. The molecule has 0 unspecified atom stereocenters. The Morgan fingerprint density at radius 3 is 2.65 bits per heavy atom. The molecular formula is C15H24N4O. The highest BCUT2D eigenvalue weighted by atomic mass is 16.4. The van der Waals surface area contributed by atoms with E-state index in [4.69, 9.17) is 4.42 Å². The summed E-state index contributed by atoms with van der Waals surface area (Å²) >= 11 is 0. The lowest BCUT2D eigenvalue weighted by Gasteiger charge is -2.21. The summed E-state index contributed by atoms with van der Waals surface area (Å²) in [6, 6.07) is 2.49. The number of aromatic nitrogens is 3. The van der Waals surface area contributed by atoms with Gasteiger partial charge in [0.15, 0.2) is 0 Å². The van der Waals surface area contributed by atoms with Crippen molar-refractivity contribution in [2.75, 3.05) is 0 Å². The highest BCUT2D eigenvalue weighted by Crippen LogP contribution is 2.22. The molecule has 0 aliphatic heterocycles. The third-order valence-electron chi connectivity index (χ3n) is 3.53. The van der Waals surface area contributed by atoms with Gasteiger partial charge < -0.3 is 9.73 Å². The molecular weight excluding hydrogens is 252 g/mol. The van der Waals surface area contributed by atoms with E-state index in [9.17, 15) is 0 Å². The van der Waals surface area contributed by atoms with Gasteiger partial charge >= 0.3 is 0 Å². The lowest BCUT2D eigenvalue weighted by Crippen LogP contribution is -2.33. The quantitative estimate of drug-likeness (QED) is 0.912. The van der Waals surface area contributed by atoms with E-state index in [1.807, 2.05) is 23.1 Å². The first-order valence-electron chi connectivity index (χ1n) is 7.05. The summed E-state index contributed by atoms with van der Waals surface area (Å²) in [5.41, 5.74) is -0.000776. The molecule has 2 aromatic rings. The Labute approximate surface area is 120 Å². The summed E-state index contributed by atoms with van der Waals surface area (Å²) in [6.07, 6.45) is 5.59. The van der Waals surface area contributed by atoms with Crippen LogP contribution < -0.4 is 5.32 Å². The van der Waals surface area contributed by atoms with Gasteiger partial charge in [-0.2, -0.15) is 5.10 Å². The fraction of sp³-hybridized carbons (Fsp3) is 0.600. The monoisotopic (exact) mass is 276 g/mol. The second-order valence-electron chi connectivity index (χ2n) is 6.26. The minimum atomic E-state index is -0.000776. The van der Waals surface area contributed by atoms with E-state index >= 15 is 0 Å². The number of nitrogens with one attached hydrogen (secondary N) is 1. The zero-order valence-electron chi connectivity index (χ0n) is 12.9. The second kappa shape index (κ2) is 5.79. The molecule has 0 saturated heterocycles. The zero-order valence-corrected chi connectivity index (χ0v) is 12.9. The molecule has 2 heterocycles.